The molecule has 0 saturated carbocycles. The fourth-order valence-electron chi connectivity index (χ4n) is 1.78. The van der Waals surface area contributed by atoms with Gasteiger partial charge < -0.3 is 0 Å². The van der Waals surface area contributed by atoms with Crippen LogP contribution in [0.5, 0.6) is 0 Å². The molecule has 0 aliphatic heterocycles. The minimum atomic E-state index is -0.685. The molecule has 0 bridgehead atoms. The van der Waals surface area contributed by atoms with Gasteiger partial charge >= 0.3 is 0 Å². The van der Waals surface area contributed by atoms with Gasteiger partial charge in [-0.15, -0.1) is 0 Å². The van der Waals surface area contributed by atoms with Crippen molar-refractivity contribution in [1.29, 1.82) is 0 Å². The molecule has 4 nitrogen and oxygen atoms in total. The first-order valence-corrected chi connectivity index (χ1v) is 6.35. The maximum absolute atomic E-state index is 13.7. The van der Waals surface area contributed by atoms with E-state index in [0.29, 0.717) is 12.4 Å². The number of benzene rings is 1. The van der Waals surface area contributed by atoms with Crippen molar-refractivity contribution < 1.29 is 9.18 Å². The summed E-state index contributed by atoms with van der Waals surface area (Å²) in [5.74, 6) is -0.507. The monoisotopic (exact) mass is 281 g/mol. The summed E-state index contributed by atoms with van der Waals surface area (Å²) >= 11 is 5.66. The van der Waals surface area contributed by atoms with Gasteiger partial charge in [0.2, 0.25) is 0 Å². The zero-order valence-electron chi connectivity index (χ0n) is 10.4. The van der Waals surface area contributed by atoms with Crippen molar-refractivity contribution in [2.75, 3.05) is 0 Å². The molecule has 0 amide bonds. The quantitative estimate of drug-likeness (QED) is 0.792. The van der Waals surface area contributed by atoms with E-state index >= 15 is 0 Å². The van der Waals surface area contributed by atoms with Crippen molar-refractivity contribution >= 4 is 17.4 Å². The van der Waals surface area contributed by atoms with E-state index in [-0.39, 0.29) is 22.8 Å². The van der Waals surface area contributed by atoms with Gasteiger partial charge in [0, 0.05) is 6.54 Å². The fourth-order valence-corrected chi connectivity index (χ4v) is 1.96. The summed E-state index contributed by atoms with van der Waals surface area (Å²) in [4.78, 5) is 16.1. The first-order valence-electron chi connectivity index (χ1n) is 5.97. The van der Waals surface area contributed by atoms with E-state index in [1.54, 1.807) is 10.7 Å². The Morgan fingerprint density at radius 3 is 3.00 bits per heavy atom. The zero-order chi connectivity index (χ0) is 13.8. The molecule has 0 saturated heterocycles. The molecular weight excluding hydrogens is 269 g/mol. The van der Waals surface area contributed by atoms with E-state index in [4.69, 9.17) is 11.6 Å². The molecule has 2 rings (SSSR count). The van der Waals surface area contributed by atoms with Gasteiger partial charge in [-0.05, 0) is 18.6 Å². The lowest BCUT2D eigenvalue weighted by Gasteiger charge is -2.05. The van der Waals surface area contributed by atoms with Crippen LogP contribution in [-0.2, 0) is 13.0 Å². The van der Waals surface area contributed by atoms with Gasteiger partial charge in [0.05, 0.1) is 17.0 Å². The lowest BCUT2D eigenvalue weighted by molar-refractivity contribution is 0.0985. The molecule has 1 heterocycles. The predicted molar refractivity (Wildman–Crippen MR) is 69.8 cm³/mol. The standard InChI is InChI=1S/C13H13ClFN3O/c1-2-6-18-12(16-8-17-18)7-11(19)9-4-3-5-10(14)13(9)15/h3-5,8H,2,6-7H2,1H3. The number of nitrogens with zero attached hydrogens (tertiary/aromatic N) is 3. The minimum Gasteiger partial charge on any atom is -0.294 e. The Hall–Kier alpha value is -1.75. The normalized spacial score (nSPS) is 10.7. The van der Waals surface area contributed by atoms with Gasteiger partial charge in [-0.25, -0.2) is 14.1 Å². The highest BCUT2D eigenvalue weighted by Gasteiger charge is 2.17. The Morgan fingerprint density at radius 2 is 2.26 bits per heavy atom. The van der Waals surface area contributed by atoms with E-state index in [1.807, 2.05) is 6.92 Å². The highest BCUT2D eigenvalue weighted by molar-refractivity contribution is 6.31. The van der Waals surface area contributed by atoms with Crippen molar-refractivity contribution in [3.8, 4) is 0 Å². The smallest absolute Gasteiger partial charge is 0.173 e. The topological polar surface area (TPSA) is 47.8 Å². The van der Waals surface area contributed by atoms with Crippen molar-refractivity contribution in [1.82, 2.24) is 14.8 Å². The Bertz CT molecular complexity index is 597. The largest absolute Gasteiger partial charge is 0.294 e. The second-order valence-corrected chi connectivity index (χ2v) is 4.51. The number of hydrogen-bond donors (Lipinski definition) is 0. The third kappa shape index (κ3) is 2.98. The number of halogens is 2. The molecule has 6 heteroatoms. The summed E-state index contributed by atoms with van der Waals surface area (Å²) < 4.78 is 15.4. The van der Waals surface area contributed by atoms with Crippen LogP contribution in [0.1, 0.15) is 29.5 Å². The van der Waals surface area contributed by atoms with E-state index in [0.717, 1.165) is 6.42 Å². The molecule has 100 valence electrons. The summed E-state index contributed by atoms with van der Waals surface area (Å²) in [7, 11) is 0. The third-order valence-corrected chi connectivity index (χ3v) is 2.99. The lowest BCUT2D eigenvalue weighted by Crippen LogP contribution is -2.12. The van der Waals surface area contributed by atoms with Crippen LogP contribution < -0.4 is 0 Å². The van der Waals surface area contributed by atoms with E-state index in [1.165, 1.54) is 18.5 Å². The number of carbonyl (C=O) groups is 1. The maximum Gasteiger partial charge on any atom is 0.173 e. The maximum atomic E-state index is 13.7. The first kappa shape index (κ1) is 13.7. The average Bonchev–Trinajstić information content (AvgIpc) is 2.80. The molecule has 0 atom stereocenters. The number of ketones is 1. The summed E-state index contributed by atoms with van der Waals surface area (Å²) in [6, 6.07) is 4.38. The predicted octanol–water partition coefficient (Wildman–Crippen LogP) is 2.91. The van der Waals surface area contributed by atoms with Crippen LogP contribution in [0, 0.1) is 5.82 Å². The number of hydrogen-bond acceptors (Lipinski definition) is 3. The number of aryl methyl sites for hydroxylation is 1. The summed E-state index contributed by atoms with van der Waals surface area (Å²) in [6.45, 7) is 2.69. The Balaban J connectivity index is 2.21. The van der Waals surface area contributed by atoms with Crippen molar-refractivity contribution in [3.63, 3.8) is 0 Å². The molecule has 0 aliphatic rings. The molecule has 0 spiro atoms. The molecule has 19 heavy (non-hydrogen) atoms. The molecule has 0 aliphatic carbocycles. The van der Waals surface area contributed by atoms with Crippen LogP contribution in [0.2, 0.25) is 5.02 Å². The second kappa shape index (κ2) is 5.93. The zero-order valence-corrected chi connectivity index (χ0v) is 11.2. The van der Waals surface area contributed by atoms with Crippen LogP contribution in [0.3, 0.4) is 0 Å². The van der Waals surface area contributed by atoms with Gasteiger partial charge in [0.25, 0.3) is 0 Å². The third-order valence-electron chi connectivity index (χ3n) is 2.70. The Kier molecular flexibility index (Phi) is 4.27. The summed E-state index contributed by atoms with van der Waals surface area (Å²) in [5.41, 5.74) is -0.0152. The highest BCUT2D eigenvalue weighted by Crippen LogP contribution is 2.19. The van der Waals surface area contributed by atoms with Crippen LogP contribution in [0.15, 0.2) is 24.5 Å². The summed E-state index contributed by atoms with van der Waals surface area (Å²) in [5, 5.41) is 3.97. The van der Waals surface area contributed by atoms with Gasteiger partial charge in [0.1, 0.15) is 12.2 Å². The van der Waals surface area contributed by atoms with Crippen LogP contribution in [0.4, 0.5) is 4.39 Å². The molecule has 0 fully saturated rings. The lowest BCUT2D eigenvalue weighted by atomic mass is 10.1. The molecule has 0 N–H and O–H groups in total. The van der Waals surface area contributed by atoms with Crippen LogP contribution >= 0.6 is 11.6 Å². The summed E-state index contributed by atoms with van der Waals surface area (Å²) in [6.07, 6.45) is 2.29. The molecule has 1 aromatic heterocycles. The molecule has 2 aromatic rings. The first-order chi connectivity index (χ1) is 9.13. The molecular formula is C13H13ClFN3O. The molecule has 0 unspecified atom stereocenters. The second-order valence-electron chi connectivity index (χ2n) is 4.10. The molecule has 0 radical (unpaired) electrons. The molecule has 1 aromatic carbocycles. The minimum absolute atomic E-state index is 0.0112. The SMILES string of the molecule is CCCn1ncnc1CC(=O)c1cccc(Cl)c1F. The number of carbonyl (C=O) groups excluding carboxylic acids is 1. The van der Waals surface area contributed by atoms with Gasteiger partial charge in [0.15, 0.2) is 11.6 Å². The van der Waals surface area contributed by atoms with E-state index < -0.39 is 5.82 Å². The van der Waals surface area contributed by atoms with Crippen molar-refractivity contribution in [2.24, 2.45) is 0 Å². The van der Waals surface area contributed by atoms with E-state index in [9.17, 15) is 9.18 Å². The van der Waals surface area contributed by atoms with Gasteiger partial charge in [-0.1, -0.05) is 24.6 Å². The number of Topliss-reactive ketones (excluding diaryl/α,β-unsaturated/α-hetero) is 1. The van der Waals surface area contributed by atoms with Crippen LogP contribution in [0.25, 0.3) is 0 Å². The van der Waals surface area contributed by atoms with Crippen LogP contribution in [-0.4, -0.2) is 20.5 Å². The van der Waals surface area contributed by atoms with Crippen molar-refractivity contribution in [3.05, 3.63) is 46.8 Å². The highest BCUT2D eigenvalue weighted by atomic mass is 35.5. The van der Waals surface area contributed by atoms with E-state index in [2.05, 4.69) is 10.1 Å². The van der Waals surface area contributed by atoms with Gasteiger partial charge in [-0.2, -0.15) is 5.10 Å². The number of rotatable bonds is 5. The van der Waals surface area contributed by atoms with Gasteiger partial charge in [-0.3, -0.25) is 4.79 Å². The average molecular weight is 282 g/mol. The Labute approximate surface area is 115 Å². The fraction of sp³-hybridized carbons (Fsp3) is 0.308. The number of aromatic nitrogens is 3. The van der Waals surface area contributed by atoms with Crippen molar-refractivity contribution in [2.45, 2.75) is 26.3 Å². The Morgan fingerprint density at radius 1 is 1.47 bits per heavy atom.